The maximum Gasteiger partial charge on any atom is 0.213 e. The van der Waals surface area contributed by atoms with Crippen molar-refractivity contribution in [2.24, 2.45) is 4.99 Å². The number of rotatable bonds is 8. The largest absolute Gasteiger partial charge is 0.478 e. The summed E-state index contributed by atoms with van der Waals surface area (Å²) in [5, 5.41) is 6.95. The maximum absolute atomic E-state index is 5.46. The fourth-order valence-corrected chi connectivity index (χ4v) is 3.08. The van der Waals surface area contributed by atoms with Crippen molar-refractivity contribution in [3.63, 3.8) is 0 Å². The molecule has 6 nitrogen and oxygen atoms in total. The number of nitrogens with one attached hydrogen (secondary N) is 2. The lowest BCUT2D eigenvalue weighted by Gasteiger charge is -2.32. The van der Waals surface area contributed by atoms with Crippen LogP contribution >= 0.6 is 24.0 Å². The minimum Gasteiger partial charge on any atom is -0.478 e. The number of halogens is 1. The van der Waals surface area contributed by atoms with Crippen LogP contribution in [0, 0.1) is 0 Å². The molecule has 1 aromatic rings. The fourth-order valence-electron chi connectivity index (χ4n) is 3.08. The highest BCUT2D eigenvalue weighted by Crippen LogP contribution is 2.12. The molecule has 1 fully saturated rings. The number of ether oxygens (including phenoxy) is 1. The van der Waals surface area contributed by atoms with Gasteiger partial charge in [-0.15, -0.1) is 24.0 Å². The zero-order valence-corrected chi connectivity index (χ0v) is 18.7. The molecule has 0 radical (unpaired) electrons. The number of aromatic nitrogens is 1. The first-order valence-electron chi connectivity index (χ1n) is 9.60. The average Bonchev–Trinajstić information content (AvgIpc) is 2.62. The summed E-state index contributed by atoms with van der Waals surface area (Å²) in [7, 11) is 0. The fraction of sp³-hybridized carbons (Fsp3) is 0.684. The first-order valence-corrected chi connectivity index (χ1v) is 9.60. The van der Waals surface area contributed by atoms with Crippen LogP contribution in [-0.2, 0) is 6.54 Å². The van der Waals surface area contributed by atoms with Crippen molar-refractivity contribution < 1.29 is 4.74 Å². The number of piperidine rings is 1. The second kappa shape index (κ2) is 13.1. The SMILES string of the molecule is CCCN1CCC(NC(=NCc2ccnc(OCC)c2)NCC)CC1.I. The first-order chi connectivity index (χ1) is 12.2. The highest BCUT2D eigenvalue weighted by atomic mass is 127. The van der Waals surface area contributed by atoms with Crippen LogP contribution in [0.1, 0.15) is 45.6 Å². The van der Waals surface area contributed by atoms with Crippen LogP contribution in [0.2, 0.25) is 0 Å². The molecule has 2 rings (SSSR count). The molecule has 1 saturated heterocycles. The summed E-state index contributed by atoms with van der Waals surface area (Å²) >= 11 is 0. The van der Waals surface area contributed by atoms with Gasteiger partial charge in [0.15, 0.2) is 5.96 Å². The Bertz CT molecular complexity index is 532. The molecule has 0 bridgehead atoms. The second-order valence-corrected chi connectivity index (χ2v) is 6.39. The van der Waals surface area contributed by atoms with E-state index in [1.165, 1.54) is 38.9 Å². The Morgan fingerprint density at radius 2 is 2.08 bits per heavy atom. The quantitative estimate of drug-likeness (QED) is 0.344. The van der Waals surface area contributed by atoms with Crippen LogP contribution in [0.5, 0.6) is 5.88 Å². The Morgan fingerprint density at radius 1 is 1.31 bits per heavy atom. The number of nitrogens with zero attached hydrogens (tertiary/aromatic N) is 3. The van der Waals surface area contributed by atoms with Crippen LogP contribution in [0.15, 0.2) is 23.3 Å². The number of hydrogen-bond acceptors (Lipinski definition) is 4. The zero-order valence-electron chi connectivity index (χ0n) is 16.3. The third-order valence-corrected chi connectivity index (χ3v) is 4.32. The molecule has 26 heavy (non-hydrogen) atoms. The van der Waals surface area contributed by atoms with E-state index in [-0.39, 0.29) is 24.0 Å². The van der Waals surface area contributed by atoms with E-state index in [9.17, 15) is 0 Å². The van der Waals surface area contributed by atoms with Gasteiger partial charge in [0.05, 0.1) is 13.2 Å². The Balaban J connectivity index is 0.00000338. The van der Waals surface area contributed by atoms with Crippen LogP contribution < -0.4 is 15.4 Å². The highest BCUT2D eigenvalue weighted by Gasteiger charge is 2.19. The topological polar surface area (TPSA) is 61.8 Å². The smallest absolute Gasteiger partial charge is 0.213 e. The molecule has 7 heteroatoms. The van der Waals surface area contributed by atoms with Gasteiger partial charge in [-0.3, -0.25) is 0 Å². The number of guanidine groups is 1. The molecule has 0 atom stereocenters. The van der Waals surface area contributed by atoms with Gasteiger partial charge in [0.2, 0.25) is 5.88 Å². The van der Waals surface area contributed by atoms with Crippen LogP contribution in [0.4, 0.5) is 0 Å². The Morgan fingerprint density at radius 3 is 2.73 bits per heavy atom. The van der Waals surface area contributed by atoms with Gasteiger partial charge in [-0.2, -0.15) is 0 Å². The molecular weight excluding hydrogens is 441 g/mol. The van der Waals surface area contributed by atoms with Crippen molar-refractivity contribution in [1.29, 1.82) is 0 Å². The molecule has 2 heterocycles. The molecule has 0 aliphatic carbocycles. The summed E-state index contributed by atoms with van der Waals surface area (Å²) < 4.78 is 5.46. The lowest BCUT2D eigenvalue weighted by molar-refractivity contribution is 0.206. The van der Waals surface area contributed by atoms with E-state index in [4.69, 9.17) is 9.73 Å². The molecule has 1 aliphatic heterocycles. The van der Waals surface area contributed by atoms with Gasteiger partial charge in [0.1, 0.15) is 0 Å². The molecule has 0 spiro atoms. The summed E-state index contributed by atoms with van der Waals surface area (Å²) in [6.45, 7) is 12.0. The Hall–Kier alpha value is -1.09. The van der Waals surface area contributed by atoms with E-state index >= 15 is 0 Å². The second-order valence-electron chi connectivity index (χ2n) is 6.39. The van der Waals surface area contributed by atoms with Crippen LogP contribution in [0.3, 0.4) is 0 Å². The lowest BCUT2D eigenvalue weighted by atomic mass is 10.1. The minimum atomic E-state index is 0. The van der Waals surface area contributed by atoms with Gasteiger partial charge in [-0.05, 0) is 51.3 Å². The van der Waals surface area contributed by atoms with Gasteiger partial charge in [-0.25, -0.2) is 9.98 Å². The molecule has 1 aliphatic rings. The number of hydrogen-bond donors (Lipinski definition) is 2. The van der Waals surface area contributed by atoms with Gasteiger partial charge in [0.25, 0.3) is 0 Å². The van der Waals surface area contributed by atoms with E-state index in [0.29, 0.717) is 25.1 Å². The zero-order chi connectivity index (χ0) is 17.9. The molecule has 0 unspecified atom stereocenters. The minimum absolute atomic E-state index is 0. The summed E-state index contributed by atoms with van der Waals surface area (Å²) in [6, 6.07) is 4.45. The summed E-state index contributed by atoms with van der Waals surface area (Å²) in [5.41, 5.74) is 1.11. The number of likely N-dealkylation sites (tertiary alicyclic amines) is 1. The Kier molecular flexibility index (Phi) is 11.6. The van der Waals surface area contributed by atoms with Crippen molar-refractivity contribution in [3.05, 3.63) is 23.9 Å². The van der Waals surface area contributed by atoms with Gasteiger partial charge >= 0.3 is 0 Å². The number of aliphatic imine (C=N–C) groups is 1. The van der Waals surface area contributed by atoms with Crippen molar-refractivity contribution >= 4 is 29.9 Å². The third-order valence-electron chi connectivity index (χ3n) is 4.32. The van der Waals surface area contributed by atoms with E-state index in [0.717, 1.165) is 18.1 Å². The molecular formula is C19H34IN5O. The van der Waals surface area contributed by atoms with E-state index in [1.54, 1.807) is 6.20 Å². The highest BCUT2D eigenvalue weighted by molar-refractivity contribution is 14.0. The predicted molar refractivity (Wildman–Crippen MR) is 119 cm³/mol. The van der Waals surface area contributed by atoms with Crippen LogP contribution in [-0.4, -0.2) is 54.7 Å². The molecule has 2 N–H and O–H groups in total. The van der Waals surface area contributed by atoms with Crippen molar-refractivity contribution in [2.75, 3.05) is 32.8 Å². The summed E-state index contributed by atoms with van der Waals surface area (Å²) in [5.74, 6) is 1.56. The van der Waals surface area contributed by atoms with Gasteiger partial charge in [0, 0.05) is 37.9 Å². The lowest BCUT2D eigenvalue weighted by Crippen LogP contribution is -2.48. The summed E-state index contributed by atoms with van der Waals surface area (Å²) in [6.07, 6.45) is 5.36. The van der Waals surface area contributed by atoms with E-state index in [2.05, 4.69) is 34.4 Å². The maximum atomic E-state index is 5.46. The Labute approximate surface area is 175 Å². The molecule has 0 saturated carbocycles. The monoisotopic (exact) mass is 475 g/mol. The summed E-state index contributed by atoms with van der Waals surface area (Å²) in [4.78, 5) is 11.5. The molecule has 0 aromatic carbocycles. The molecule has 0 amide bonds. The van der Waals surface area contributed by atoms with Gasteiger partial charge in [-0.1, -0.05) is 6.92 Å². The van der Waals surface area contributed by atoms with E-state index < -0.39 is 0 Å². The standard InChI is InChI=1S/C19H33N5O.HI/c1-4-11-24-12-8-17(9-13-24)23-19(20-5-2)22-15-16-7-10-21-18(14-16)25-6-3;/h7,10,14,17H,4-6,8-9,11-13,15H2,1-3H3,(H2,20,22,23);1H. The average molecular weight is 475 g/mol. The molecule has 1 aromatic heterocycles. The number of pyridine rings is 1. The van der Waals surface area contributed by atoms with Crippen molar-refractivity contribution in [1.82, 2.24) is 20.5 Å². The van der Waals surface area contributed by atoms with Crippen LogP contribution in [0.25, 0.3) is 0 Å². The predicted octanol–water partition coefficient (Wildman–Crippen LogP) is 3.03. The van der Waals surface area contributed by atoms with Crippen molar-refractivity contribution in [2.45, 2.75) is 52.6 Å². The van der Waals surface area contributed by atoms with Crippen molar-refractivity contribution in [3.8, 4) is 5.88 Å². The normalized spacial score (nSPS) is 16.0. The van der Waals surface area contributed by atoms with Gasteiger partial charge < -0.3 is 20.3 Å². The third kappa shape index (κ3) is 8.07. The van der Waals surface area contributed by atoms with E-state index in [1.807, 2.05) is 19.1 Å². The first kappa shape index (κ1) is 23.0. The molecule has 148 valence electrons.